The molecule has 3 aromatic rings. The molecule has 1 fully saturated rings. The number of hydrogen-bond acceptors (Lipinski definition) is 5. The Labute approximate surface area is 161 Å². The first-order valence-corrected chi connectivity index (χ1v) is 9.68. The fourth-order valence-corrected chi connectivity index (χ4v) is 4.00. The Balaban J connectivity index is 1.31. The van der Waals surface area contributed by atoms with Gasteiger partial charge in [0.15, 0.2) is 5.76 Å². The maximum Gasteiger partial charge on any atom is 0.289 e. The van der Waals surface area contributed by atoms with Crippen LogP contribution in [0, 0.1) is 5.92 Å². The lowest BCUT2D eigenvalue weighted by Crippen LogP contribution is -2.31. The van der Waals surface area contributed by atoms with Gasteiger partial charge < -0.3 is 14.6 Å². The molecular weight excluding hydrogens is 358 g/mol. The normalized spacial score (nSPS) is 19.0. The summed E-state index contributed by atoms with van der Waals surface area (Å²) in [6.45, 7) is 2.11. The van der Waals surface area contributed by atoms with Crippen molar-refractivity contribution in [1.82, 2.24) is 19.7 Å². The monoisotopic (exact) mass is 379 g/mol. The molecule has 2 aromatic heterocycles. The topological polar surface area (TPSA) is 93.3 Å². The van der Waals surface area contributed by atoms with E-state index in [1.54, 1.807) is 22.9 Å². The number of rotatable bonds is 3. The van der Waals surface area contributed by atoms with E-state index in [0.717, 1.165) is 50.0 Å². The molecule has 1 aromatic carbocycles. The largest absolute Gasteiger partial charge is 0.451 e. The number of fused-ring (bicyclic) bond motifs is 2. The zero-order chi connectivity index (χ0) is 19.1. The molecule has 0 bridgehead atoms. The van der Waals surface area contributed by atoms with Crippen LogP contribution in [0.25, 0.3) is 11.0 Å². The van der Waals surface area contributed by atoms with Gasteiger partial charge in [-0.25, -0.2) is 9.67 Å². The summed E-state index contributed by atoms with van der Waals surface area (Å²) in [7, 11) is 0. The highest BCUT2D eigenvalue weighted by atomic mass is 16.3. The maximum atomic E-state index is 12.7. The van der Waals surface area contributed by atoms with Gasteiger partial charge in [0.05, 0.1) is 12.5 Å². The average Bonchev–Trinajstić information content (AvgIpc) is 3.46. The summed E-state index contributed by atoms with van der Waals surface area (Å²) in [4.78, 5) is 31.2. The van der Waals surface area contributed by atoms with E-state index >= 15 is 0 Å². The van der Waals surface area contributed by atoms with E-state index in [2.05, 4.69) is 15.4 Å². The molecule has 1 atom stereocenters. The van der Waals surface area contributed by atoms with Crippen LogP contribution >= 0.6 is 0 Å². The third-order valence-corrected chi connectivity index (χ3v) is 5.56. The molecule has 4 heterocycles. The Morgan fingerprint density at radius 3 is 2.89 bits per heavy atom. The molecule has 8 nitrogen and oxygen atoms in total. The van der Waals surface area contributed by atoms with Crippen LogP contribution in [0.4, 0.5) is 5.69 Å². The Hall–Kier alpha value is -3.16. The first-order valence-electron chi connectivity index (χ1n) is 9.68. The minimum Gasteiger partial charge on any atom is -0.451 e. The second kappa shape index (κ2) is 6.78. The van der Waals surface area contributed by atoms with E-state index in [1.165, 1.54) is 6.33 Å². The molecule has 28 heavy (non-hydrogen) atoms. The number of nitrogens with zero attached hydrogens (tertiary/aromatic N) is 4. The van der Waals surface area contributed by atoms with Gasteiger partial charge in [0, 0.05) is 30.6 Å². The van der Waals surface area contributed by atoms with Crippen LogP contribution in [0.5, 0.6) is 0 Å². The molecule has 1 saturated heterocycles. The Morgan fingerprint density at radius 2 is 2.04 bits per heavy atom. The SMILES string of the molecule is O=C(Nc1ccc2oc(C(=O)N3CCCC3)cc2c1)C1CCc2ncnn2C1. The van der Waals surface area contributed by atoms with Gasteiger partial charge in [-0.3, -0.25) is 9.59 Å². The number of anilines is 1. The first kappa shape index (κ1) is 17.0. The number of carbonyl (C=O) groups is 2. The fraction of sp³-hybridized carbons (Fsp3) is 0.400. The van der Waals surface area contributed by atoms with Crippen molar-refractivity contribution < 1.29 is 14.0 Å². The van der Waals surface area contributed by atoms with Gasteiger partial charge in [-0.15, -0.1) is 0 Å². The molecular formula is C20H21N5O3. The van der Waals surface area contributed by atoms with E-state index in [0.29, 0.717) is 23.6 Å². The molecule has 2 aliphatic rings. The quantitative estimate of drug-likeness (QED) is 0.755. The van der Waals surface area contributed by atoms with E-state index in [4.69, 9.17) is 4.42 Å². The minimum absolute atomic E-state index is 0.0302. The summed E-state index contributed by atoms with van der Waals surface area (Å²) >= 11 is 0. The lowest BCUT2D eigenvalue weighted by molar-refractivity contribution is -0.120. The van der Waals surface area contributed by atoms with Crippen molar-refractivity contribution in [2.45, 2.75) is 32.2 Å². The zero-order valence-corrected chi connectivity index (χ0v) is 15.4. The average molecular weight is 379 g/mol. The molecule has 1 N–H and O–H groups in total. The molecule has 0 radical (unpaired) electrons. The number of carbonyl (C=O) groups excluding carboxylic acids is 2. The van der Waals surface area contributed by atoms with Crippen molar-refractivity contribution in [2.75, 3.05) is 18.4 Å². The number of aromatic nitrogens is 3. The zero-order valence-electron chi connectivity index (χ0n) is 15.4. The van der Waals surface area contributed by atoms with Crippen molar-refractivity contribution in [1.29, 1.82) is 0 Å². The summed E-state index contributed by atoms with van der Waals surface area (Å²) in [6, 6.07) is 7.20. The number of likely N-dealkylation sites (tertiary alicyclic amines) is 1. The molecule has 8 heteroatoms. The first-order chi connectivity index (χ1) is 13.7. The third kappa shape index (κ3) is 3.04. The summed E-state index contributed by atoms with van der Waals surface area (Å²) < 4.78 is 7.52. The number of amides is 2. The smallest absolute Gasteiger partial charge is 0.289 e. The number of hydrogen-bond donors (Lipinski definition) is 1. The van der Waals surface area contributed by atoms with E-state index in [9.17, 15) is 9.59 Å². The molecule has 0 aliphatic carbocycles. The molecule has 1 unspecified atom stereocenters. The Bertz CT molecular complexity index is 1050. The predicted molar refractivity (Wildman–Crippen MR) is 102 cm³/mol. The number of benzene rings is 1. The number of nitrogens with one attached hydrogen (secondary N) is 1. The molecule has 5 rings (SSSR count). The van der Waals surface area contributed by atoms with Crippen LogP contribution in [0.1, 0.15) is 35.6 Å². The van der Waals surface area contributed by atoms with E-state index < -0.39 is 0 Å². The Morgan fingerprint density at radius 1 is 1.18 bits per heavy atom. The summed E-state index contributed by atoms with van der Waals surface area (Å²) in [5.74, 6) is 1.05. The van der Waals surface area contributed by atoms with Gasteiger partial charge in [-0.05, 0) is 43.5 Å². The van der Waals surface area contributed by atoms with Gasteiger partial charge in [0.25, 0.3) is 5.91 Å². The lowest BCUT2D eigenvalue weighted by atomic mass is 9.99. The maximum absolute atomic E-state index is 12.7. The van der Waals surface area contributed by atoms with Gasteiger partial charge in [-0.1, -0.05) is 0 Å². The molecule has 2 amide bonds. The summed E-state index contributed by atoms with van der Waals surface area (Å²) in [5.41, 5.74) is 1.34. The summed E-state index contributed by atoms with van der Waals surface area (Å²) in [6.07, 6.45) is 5.12. The molecule has 2 aliphatic heterocycles. The van der Waals surface area contributed by atoms with Crippen molar-refractivity contribution in [3.05, 3.63) is 42.2 Å². The van der Waals surface area contributed by atoms with Gasteiger partial charge in [0.1, 0.15) is 17.7 Å². The third-order valence-electron chi connectivity index (χ3n) is 5.56. The van der Waals surface area contributed by atoms with E-state index in [1.807, 2.05) is 11.0 Å². The van der Waals surface area contributed by atoms with Gasteiger partial charge in [0.2, 0.25) is 5.91 Å². The van der Waals surface area contributed by atoms with Crippen LogP contribution in [0.3, 0.4) is 0 Å². The molecule has 144 valence electrons. The van der Waals surface area contributed by atoms with Crippen LogP contribution in [-0.4, -0.2) is 44.6 Å². The van der Waals surface area contributed by atoms with E-state index in [-0.39, 0.29) is 17.7 Å². The van der Waals surface area contributed by atoms with Crippen LogP contribution in [0.15, 0.2) is 35.0 Å². The summed E-state index contributed by atoms with van der Waals surface area (Å²) in [5, 5.41) is 7.96. The second-order valence-corrected chi connectivity index (χ2v) is 7.45. The highest BCUT2D eigenvalue weighted by molar-refractivity contribution is 5.98. The van der Waals surface area contributed by atoms with Gasteiger partial charge >= 0.3 is 0 Å². The Kier molecular flexibility index (Phi) is 4.11. The number of furan rings is 1. The molecule has 0 saturated carbocycles. The van der Waals surface area contributed by atoms with Crippen molar-refractivity contribution in [3.8, 4) is 0 Å². The standard InChI is InChI=1S/C20H21N5O3/c26-19(13-3-6-18-21-12-22-25(18)11-13)23-15-4-5-16-14(9-15)10-17(28-16)20(27)24-7-1-2-8-24/h4-5,9-10,12-13H,1-3,6-8,11H2,(H,23,26). The highest BCUT2D eigenvalue weighted by Crippen LogP contribution is 2.26. The second-order valence-electron chi connectivity index (χ2n) is 7.45. The lowest BCUT2D eigenvalue weighted by Gasteiger charge is -2.21. The highest BCUT2D eigenvalue weighted by Gasteiger charge is 2.26. The van der Waals surface area contributed by atoms with Crippen molar-refractivity contribution in [3.63, 3.8) is 0 Å². The van der Waals surface area contributed by atoms with Crippen LogP contribution < -0.4 is 5.32 Å². The van der Waals surface area contributed by atoms with Crippen molar-refractivity contribution in [2.24, 2.45) is 5.92 Å². The van der Waals surface area contributed by atoms with Crippen LogP contribution in [-0.2, 0) is 17.8 Å². The van der Waals surface area contributed by atoms with Gasteiger partial charge in [-0.2, -0.15) is 5.10 Å². The minimum atomic E-state index is -0.137. The van der Waals surface area contributed by atoms with Crippen LogP contribution in [0.2, 0.25) is 0 Å². The predicted octanol–water partition coefficient (Wildman–Crippen LogP) is 2.46. The fourth-order valence-electron chi connectivity index (χ4n) is 4.00. The molecule has 0 spiro atoms. The number of aryl methyl sites for hydroxylation is 1. The van der Waals surface area contributed by atoms with Crippen molar-refractivity contribution >= 4 is 28.5 Å².